The maximum absolute atomic E-state index is 12.7. The Bertz CT molecular complexity index is 1140. The van der Waals surface area contributed by atoms with Crippen molar-refractivity contribution in [3.05, 3.63) is 70.7 Å². The van der Waals surface area contributed by atoms with Crippen LogP contribution in [0.3, 0.4) is 0 Å². The summed E-state index contributed by atoms with van der Waals surface area (Å²) in [6, 6.07) is 9.17. The maximum Gasteiger partial charge on any atom is 0.278 e. The highest BCUT2D eigenvalue weighted by molar-refractivity contribution is 6.13. The van der Waals surface area contributed by atoms with Crippen LogP contribution in [0.2, 0.25) is 0 Å². The molecule has 3 aromatic heterocycles. The number of carbonyl (C=O) groups excluding carboxylic acids is 1. The molecular weight excluding hydrogens is 324 g/mol. The number of nitrogens with one attached hydrogen (secondary N) is 1. The van der Waals surface area contributed by atoms with Crippen LogP contribution in [0.4, 0.5) is 11.5 Å². The molecule has 0 saturated heterocycles. The Morgan fingerprint density at radius 2 is 1.96 bits per heavy atom. The molecule has 0 unspecified atom stereocenters. The minimum absolute atomic E-state index is 0.0990. The first kappa shape index (κ1) is 14.7. The molecule has 0 fully saturated rings. The van der Waals surface area contributed by atoms with E-state index in [1.807, 2.05) is 0 Å². The molecule has 0 saturated carbocycles. The quantitative estimate of drug-likeness (QED) is 0.454. The smallest absolute Gasteiger partial charge is 0.278 e. The summed E-state index contributed by atoms with van der Waals surface area (Å²) in [5, 5.41) is 18.3. The van der Waals surface area contributed by atoms with Gasteiger partial charge >= 0.3 is 0 Å². The zero-order valence-corrected chi connectivity index (χ0v) is 12.7. The van der Waals surface area contributed by atoms with Crippen LogP contribution in [-0.2, 0) is 0 Å². The lowest BCUT2D eigenvalue weighted by Gasteiger charge is -2.09. The molecule has 0 aliphatic rings. The van der Waals surface area contributed by atoms with E-state index in [9.17, 15) is 14.9 Å². The lowest BCUT2D eigenvalue weighted by atomic mass is 10.1. The SMILES string of the molecule is O=C(Nc1ccnc2ccnn12)c1ccc([N+](=O)[O-])c2cccnc12. The number of aromatic nitrogens is 4. The van der Waals surface area contributed by atoms with E-state index in [1.165, 1.54) is 22.8 Å². The first-order chi connectivity index (χ1) is 12.1. The number of anilines is 1. The second-order valence-electron chi connectivity index (χ2n) is 5.17. The zero-order valence-electron chi connectivity index (χ0n) is 12.7. The standard InChI is InChI=1S/C16H10N6O3/c23-16(20-14-5-8-17-13-6-9-19-21(13)14)11-3-4-12(22(24)25)10-2-1-7-18-15(10)11/h1-9H,(H,20,23). The lowest BCUT2D eigenvalue weighted by Crippen LogP contribution is -2.16. The van der Waals surface area contributed by atoms with Crippen molar-refractivity contribution in [2.45, 2.75) is 0 Å². The summed E-state index contributed by atoms with van der Waals surface area (Å²) in [5.41, 5.74) is 0.987. The van der Waals surface area contributed by atoms with Gasteiger partial charge in [-0.3, -0.25) is 19.9 Å². The number of carbonyl (C=O) groups is 1. The van der Waals surface area contributed by atoms with Crippen molar-refractivity contribution in [3.8, 4) is 0 Å². The van der Waals surface area contributed by atoms with Crippen LogP contribution in [0, 0.1) is 10.1 Å². The molecule has 0 aliphatic carbocycles. The molecule has 9 nitrogen and oxygen atoms in total. The van der Waals surface area contributed by atoms with Crippen LogP contribution in [0.1, 0.15) is 10.4 Å². The molecule has 0 aliphatic heterocycles. The van der Waals surface area contributed by atoms with Gasteiger partial charge in [-0.1, -0.05) is 0 Å². The van der Waals surface area contributed by atoms with E-state index in [2.05, 4.69) is 20.4 Å². The fourth-order valence-corrected chi connectivity index (χ4v) is 2.61. The van der Waals surface area contributed by atoms with E-state index in [-0.39, 0.29) is 16.8 Å². The molecule has 0 radical (unpaired) electrons. The summed E-state index contributed by atoms with van der Waals surface area (Å²) in [7, 11) is 0. The van der Waals surface area contributed by atoms with Crippen molar-refractivity contribution >= 4 is 34.0 Å². The third-order valence-electron chi connectivity index (χ3n) is 3.72. The molecule has 4 aromatic rings. The Morgan fingerprint density at radius 1 is 1.08 bits per heavy atom. The van der Waals surface area contributed by atoms with Crippen molar-refractivity contribution in [2.75, 3.05) is 5.32 Å². The molecule has 0 spiro atoms. The molecular formula is C16H10N6O3. The minimum atomic E-state index is -0.498. The highest BCUT2D eigenvalue weighted by Crippen LogP contribution is 2.27. The van der Waals surface area contributed by atoms with Crippen molar-refractivity contribution in [3.63, 3.8) is 0 Å². The zero-order chi connectivity index (χ0) is 17.4. The summed E-state index contributed by atoms with van der Waals surface area (Å²) in [4.78, 5) is 31.6. The van der Waals surface area contributed by atoms with Gasteiger partial charge in [-0.05, 0) is 24.3 Å². The molecule has 122 valence electrons. The highest BCUT2D eigenvalue weighted by Gasteiger charge is 2.19. The number of amides is 1. The number of benzene rings is 1. The molecule has 3 heterocycles. The van der Waals surface area contributed by atoms with Gasteiger partial charge in [0.2, 0.25) is 0 Å². The van der Waals surface area contributed by atoms with E-state index >= 15 is 0 Å². The van der Waals surface area contributed by atoms with Crippen molar-refractivity contribution in [2.24, 2.45) is 0 Å². The molecule has 25 heavy (non-hydrogen) atoms. The lowest BCUT2D eigenvalue weighted by molar-refractivity contribution is -0.383. The summed E-state index contributed by atoms with van der Waals surface area (Å²) in [6.07, 6.45) is 4.61. The van der Waals surface area contributed by atoms with Crippen LogP contribution < -0.4 is 5.32 Å². The highest BCUT2D eigenvalue weighted by atomic mass is 16.6. The first-order valence-electron chi connectivity index (χ1n) is 7.27. The number of nitrogens with zero attached hydrogens (tertiary/aromatic N) is 5. The van der Waals surface area contributed by atoms with Gasteiger partial charge in [0.15, 0.2) is 5.65 Å². The van der Waals surface area contributed by atoms with Crippen LogP contribution >= 0.6 is 0 Å². The topological polar surface area (TPSA) is 115 Å². The van der Waals surface area contributed by atoms with Crippen LogP contribution in [0.15, 0.2) is 55.0 Å². The number of fused-ring (bicyclic) bond motifs is 2. The fraction of sp³-hybridized carbons (Fsp3) is 0. The number of non-ortho nitro benzene ring substituents is 1. The van der Waals surface area contributed by atoms with E-state index in [4.69, 9.17) is 0 Å². The molecule has 9 heteroatoms. The molecule has 1 aromatic carbocycles. The third-order valence-corrected chi connectivity index (χ3v) is 3.72. The van der Waals surface area contributed by atoms with Crippen LogP contribution in [0.25, 0.3) is 16.6 Å². The Morgan fingerprint density at radius 3 is 2.80 bits per heavy atom. The summed E-state index contributed by atoms with van der Waals surface area (Å²) >= 11 is 0. The Kier molecular flexibility index (Phi) is 3.31. The second-order valence-corrected chi connectivity index (χ2v) is 5.17. The Balaban J connectivity index is 1.80. The third kappa shape index (κ3) is 2.43. The molecule has 4 rings (SSSR count). The number of nitro benzene ring substituents is 1. The number of rotatable bonds is 3. The average molecular weight is 334 g/mol. The van der Waals surface area contributed by atoms with Gasteiger partial charge in [0, 0.05) is 24.5 Å². The average Bonchev–Trinajstić information content (AvgIpc) is 3.10. The Labute approximate surface area is 140 Å². The van der Waals surface area contributed by atoms with Crippen LogP contribution in [0.5, 0.6) is 0 Å². The second kappa shape index (κ2) is 5.64. The van der Waals surface area contributed by atoms with E-state index in [0.29, 0.717) is 16.9 Å². The molecule has 1 N–H and O–H groups in total. The van der Waals surface area contributed by atoms with E-state index in [1.54, 1.807) is 36.7 Å². The molecule has 0 bridgehead atoms. The van der Waals surface area contributed by atoms with Gasteiger partial charge in [0.1, 0.15) is 5.82 Å². The van der Waals surface area contributed by atoms with Gasteiger partial charge in [-0.25, -0.2) is 4.98 Å². The normalized spacial score (nSPS) is 10.9. The predicted octanol–water partition coefficient (Wildman–Crippen LogP) is 2.44. The summed E-state index contributed by atoms with van der Waals surface area (Å²) < 4.78 is 1.49. The minimum Gasteiger partial charge on any atom is -0.306 e. The van der Waals surface area contributed by atoms with Gasteiger partial charge < -0.3 is 5.32 Å². The van der Waals surface area contributed by atoms with Crippen LogP contribution in [-0.4, -0.2) is 30.4 Å². The van der Waals surface area contributed by atoms with E-state index in [0.717, 1.165) is 0 Å². The monoisotopic (exact) mass is 334 g/mol. The molecule has 1 amide bonds. The van der Waals surface area contributed by atoms with E-state index < -0.39 is 10.8 Å². The first-order valence-corrected chi connectivity index (χ1v) is 7.27. The molecule has 0 atom stereocenters. The van der Waals surface area contributed by atoms with Gasteiger partial charge in [-0.15, -0.1) is 0 Å². The van der Waals surface area contributed by atoms with Crippen molar-refractivity contribution in [1.29, 1.82) is 0 Å². The number of nitro groups is 1. The summed E-state index contributed by atoms with van der Waals surface area (Å²) in [5.74, 6) is -0.0102. The van der Waals surface area contributed by atoms with Crippen molar-refractivity contribution in [1.82, 2.24) is 19.6 Å². The fourth-order valence-electron chi connectivity index (χ4n) is 2.61. The van der Waals surface area contributed by atoms with Gasteiger partial charge in [0.05, 0.1) is 27.6 Å². The van der Waals surface area contributed by atoms with Gasteiger partial charge in [0.25, 0.3) is 11.6 Å². The summed E-state index contributed by atoms with van der Waals surface area (Å²) in [6.45, 7) is 0. The largest absolute Gasteiger partial charge is 0.306 e. The Hall–Kier alpha value is -3.88. The number of pyridine rings is 1. The number of hydrogen-bond acceptors (Lipinski definition) is 6. The van der Waals surface area contributed by atoms with Gasteiger partial charge in [-0.2, -0.15) is 9.61 Å². The predicted molar refractivity (Wildman–Crippen MR) is 89.3 cm³/mol. The van der Waals surface area contributed by atoms with Crippen molar-refractivity contribution < 1.29 is 9.72 Å². The number of hydrogen-bond donors (Lipinski definition) is 1. The maximum atomic E-state index is 12.7.